The van der Waals surface area contributed by atoms with Crippen LogP contribution >= 0.6 is 0 Å². The van der Waals surface area contributed by atoms with E-state index in [1.807, 2.05) is 36.5 Å². The van der Waals surface area contributed by atoms with E-state index in [0.29, 0.717) is 17.1 Å². The molecule has 0 spiro atoms. The Hall–Kier alpha value is -3.70. The van der Waals surface area contributed by atoms with Crippen molar-refractivity contribution in [1.82, 2.24) is 9.55 Å². The predicted molar refractivity (Wildman–Crippen MR) is 177 cm³/mol. The molecule has 5 nitrogen and oxygen atoms in total. The molecule has 2 aromatic heterocycles. The fraction of sp³-hybridized carbons (Fsp3) is 0.194. The zero-order chi connectivity index (χ0) is 31.7. The molecule has 1 N–H and O–H groups in total. The summed E-state index contributed by atoms with van der Waals surface area (Å²) in [6.45, 7) is 8.85. The quantitative estimate of drug-likeness (QED) is 0.107. The second-order valence-electron chi connectivity index (χ2n) is 12.4. The summed E-state index contributed by atoms with van der Waals surface area (Å²) < 4.78 is 26.3. The molecule has 0 unspecified atom stereocenters. The van der Waals surface area contributed by atoms with Gasteiger partial charge in [-0.05, 0) is 46.7 Å². The van der Waals surface area contributed by atoms with Gasteiger partial charge in [0.05, 0.1) is 19.2 Å². The van der Waals surface area contributed by atoms with Gasteiger partial charge in [-0.1, -0.05) is 69.7 Å². The SMILES string of the molecule is [2H]C([2H])([2H])N1[OH+]N(c2[c-]c([Si](C)(C)c3[c-]c4c(cc3)c3ccccc3n4-c3cc(C(C)(C)C)ccn3)ccc2)c2ccccc21.[Pt]. The van der Waals surface area contributed by atoms with E-state index < -0.39 is 15.0 Å². The number of para-hydroxylation sites is 3. The molecule has 7 rings (SSSR count). The molecule has 220 valence electrons. The van der Waals surface area contributed by atoms with E-state index in [1.54, 1.807) is 11.1 Å². The minimum absolute atomic E-state index is 0. The van der Waals surface area contributed by atoms with E-state index in [1.165, 1.54) is 10.9 Å². The molecule has 0 saturated heterocycles. The van der Waals surface area contributed by atoms with E-state index in [4.69, 9.17) is 9.10 Å². The van der Waals surface area contributed by atoms with Crippen molar-refractivity contribution in [2.75, 3.05) is 17.1 Å². The maximum absolute atomic E-state index is 8.02. The molecule has 7 heteroatoms. The van der Waals surface area contributed by atoms with E-state index >= 15 is 0 Å². The zero-order valence-corrected chi connectivity index (χ0v) is 28.1. The molecule has 1 aliphatic rings. The summed E-state index contributed by atoms with van der Waals surface area (Å²) in [5.41, 5.74) is 5.27. The zero-order valence-electron chi connectivity index (χ0n) is 27.8. The van der Waals surface area contributed by atoms with Crippen LogP contribution in [0.2, 0.25) is 13.1 Å². The van der Waals surface area contributed by atoms with Crippen LogP contribution in [0.1, 0.15) is 30.4 Å². The Balaban J connectivity index is 0.00000372. The van der Waals surface area contributed by atoms with Gasteiger partial charge in [0.1, 0.15) is 17.2 Å². The summed E-state index contributed by atoms with van der Waals surface area (Å²) in [6.07, 6.45) is 1.90. The van der Waals surface area contributed by atoms with Crippen LogP contribution in [0.25, 0.3) is 27.6 Å². The van der Waals surface area contributed by atoms with Crippen molar-refractivity contribution < 1.29 is 30.1 Å². The van der Waals surface area contributed by atoms with Crippen LogP contribution in [0.15, 0.2) is 97.2 Å². The summed E-state index contributed by atoms with van der Waals surface area (Å²) >= 11 is 0. The summed E-state index contributed by atoms with van der Waals surface area (Å²) in [4.78, 5) is 9.33. The van der Waals surface area contributed by atoms with Gasteiger partial charge in [-0.2, -0.15) is 51.7 Å². The minimum Gasteiger partial charge on any atom is -0.319 e. The molecule has 0 atom stereocenters. The summed E-state index contributed by atoms with van der Waals surface area (Å²) in [5, 5.41) is 7.30. The largest absolute Gasteiger partial charge is 0.319 e. The average molecular weight is 766 g/mol. The Bertz CT molecular complexity index is 2090. The third kappa shape index (κ3) is 4.92. The number of hydrogen-bond donors (Lipinski definition) is 0. The van der Waals surface area contributed by atoms with Crippen molar-refractivity contribution in [3.63, 3.8) is 0 Å². The summed E-state index contributed by atoms with van der Waals surface area (Å²) in [7, 11) is -2.35. The van der Waals surface area contributed by atoms with Gasteiger partial charge >= 0.3 is 0 Å². The Morgan fingerprint density at radius 3 is 2.35 bits per heavy atom. The molecular formula is C36H35N4OPtSi-. The van der Waals surface area contributed by atoms with Gasteiger partial charge in [0, 0.05) is 38.5 Å². The van der Waals surface area contributed by atoms with Crippen molar-refractivity contribution in [3.8, 4) is 5.82 Å². The second kappa shape index (κ2) is 10.8. The fourth-order valence-electron chi connectivity index (χ4n) is 5.78. The molecule has 3 heterocycles. The van der Waals surface area contributed by atoms with Crippen molar-refractivity contribution in [1.29, 1.82) is 0 Å². The maximum atomic E-state index is 8.02. The monoisotopic (exact) mass is 765 g/mol. The predicted octanol–water partition coefficient (Wildman–Crippen LogP) is 7.32. The molecule has 0 saturated carbocycles. The summed E-state index contributed by atoms with van der Waals surface area (Å²) in [6, 6.07) is 38.1. The Labute approximate surface area is 273 Å². The number of hydroxylamine groups is 1. The normalized spacial score (nSPS) is 14.8. The molecule has 0 fully saturated rings. The molecule has 4 aromatic carbocycles. The number of benzene rings is 4. The number of aromatic nitrogens is 2. The molecule has 0 aliphatic carbocycles. The molecule has 6 aromatic rings. The van der Waals surface area contributed by atoms with Crippen molar-refractivity contribution in [3.05, 3.63) is 115 Å². The van der Waals surface area contributed by atoms with E-state index in [2.05, 4.69) is 110 Å². The molecule has 0 bridgehead atoms. The first kappa shape index (κ1) is 25.8. The van der Waals surface area contributed by atoms with Crippen molar-refractivity contribution in [2.45, 2.75) is 39.3 Å². The van der Waals surface area contributed by atoms with Crippen LogP contribution in [0.5, 0.6) is 0 Å². The Morgan fingerprint density at radius 2 is 1.56 bits per heavy atom. The van der Waals surface area contributed by atoms with Crippen LogP contribution in [-0.2, 0) is 26.5 Å². The van der Waals surface area contributed by atoms with Crippen molar-refractivity contribution >= 4 is 57.3 Å². The van der Waals surface area contributed by atoms with Gasteiger partial charge in [0.25, 0.3) is 0 Å². The van der Waals surface area contributed by atoms with E-state index in [9.17, 15) is 0 Å². The molecule has 1 aliphatic heterocycles. The number of fused-ring (bicyclic) bond motifs is 4. The van der Waals surface area contributed by atoms with Crippen LogP contribution < -0.4 is 20.5 Å². The Kier molecular flexibility index (Phi) is 6.46. The van der Waals surface area contributed by atoms with Gasteiger partial charge < -0.3 is 4.57 Å². The van der Waals surface area contributed by atoms with Gasteiger partial charge in [-0.3, -0.25) is 0 Å². The maximum Gasteiger partial charge on any atom is 0.145 e. The van der Waals surface area contributed by atoms with Crippen LogP contribution in [0.4, 0.5) is 17.1 Å². The van der Waals surface area contributed by atoms with Gasteiger partial charge in [-0.15, -0.1) is 21.6 Å². The topological polar surface area (TPSA) is 37.1 Å². The Morgan fingerprint density at radius 1 is 0.814 bits per heavy atom. The van der Waals surface area contributed by atoms with Gasteiger partial charge in [0.2, 0.25) is 0 Å². The third-order valence-electron chi connectivity index (χ3n) is 8.30. The molecule has 43 heavy (non-hydrogen) atoms. The van der Waals surface area contributed by atoms with Gasteiger partial charge in [-0.25, -0.2) is 4.98 Å². The van der Waals surface area contributed by atoms with Crippen LogP contribution in [0, 0.1) is 12.1 Å². The van der Waals surface area contributed by atoms with Crippen LogP contribution in [0.3, 0.4) is 0 Å². The molecular weight excluding hydrogens is 728 g/mol. The van der Waals surface area contributed by atoms with Crippen LogP contribution in [-0.4, -0.2) is 29.5 Å². The van der Waals surface area contributed by atoms with Crippen molar-refractivity contribution in [2.24, 2.45) is 0 Å². The standard InChI is InChI=1S/C36H34N4OSi.Pt/c1-36(2,3)25-20-21-37-35(22-25)39-31-15-8-7-14-29(31)30-19-18-28(24-34(30)39)42(5,6)27-13-11-12-26(23-27)40-33-17-10-9-16-32(33)38(4)41-40;/h7-22H,1-6H3;/q-2;/p+1/i4D3;. The average Bonchev–Trinajstić information content (AvgIpc) is 3.57. The van der Waals surface area contributed by atoms with Gasteiger partial charge in [0.15, 0.2) is 0 Å². The summed E-state index contributed by atoms with van der Waals surface area (Å²) in [5.74, 6) is 0.878. The first-order chi connectivity index (χ1) is 21.3. The smallest absolute Gasteiger partial charge is 0.145 e. The van der Waals surface area contributed by atoms with E-state index in [-0.39, 0.29) is 26.5 Å². The molecule has 0 radical (unpaired) electrons. The number of nitrogens with zero attached hydrogens (tertiary/aromatic N) is 4. The van der Waals surface area contributed by atoms with E-state index in [0.717, 1.165) is 37.7 Å². The second-order valence-corrected chi connectivity index (χ2v) is 16.7. The number of pyridine rings is 1. The number of hydrogen-bond acceptors (Lipinski definition) is 3. The number of rotatable bonds is 4. The molecule has 0 amide bonds. The first-order valence-corrected chi connectivity index (χ1v) is 17.2. The third-order valence-corrected chi connectivity index (χ3v) is 11.6. The first-order valence-electron chi connectivity index (χ1n) is 15.7. The minimum atomic E-state index is -2.40. The number of anilines is 3. The fourth-order valence-corrected chi connectivity index (χ4v) is 7.95.